The van der Waals surface area contributed by atoms with Crippen LogP contribution in [0.5, 0.6) is 0 Å². The first-order chi connectivity index (χ1) is 5.33. The number of hydrogen-bond acceptors (Lipinski definition) is 2. The molecule has 12 heavy (non-hydrogen) atoms. The van der Waals surface area contributed by atoms with Crippen LogP contribution in [-0.2, 0) is 4.79 Å². The van der Waals surface area contributed by atoms with E-state index in [4.69, 9.17) is 0 Å². The van der Waals surface area contributed by atoms with Crippen molar-refractivity contribution in [2.75, 3.05) is 0 Å². The molecule has 0 aromatic heterocycles. The predicted octanol–water partition coefficient (Wildman–Crippen LogP) is 1.52. The summed E-state index contributed by atoms with van der Waals surface area (Å²) >= 11 is 0. The van der Waals surface area contributed by atoms with Crippen molar-refractivity contribution in [3.63, 3.8) is 0 Å². The highest BCUT2D eigenvalue weighted by atomic mass is 16.3. The maximum atomic E-state index is 11.5. The van der Waals surface area contributed by atoms with Gasteiger partial charge in [0.25, 0.3) is 0 Å². The number of carbonyl (C=O) groups excluding carboxylic acids is 1. The molecule has 0 aromatic carbocycles. The molecule has 0 aliphatic heterocycles. The van der Waals surface area contributed by atoms with Crippen LogP contribution in [0.2, 0.25) is 0 Å². The lowest BCUT2D eigenvalue weighted by molar-refractivity contribution is -0.140. The van der Waals surface area contributed by atoms with Crippen molar-refractivity contribution in [2.24, 2.45) is 10.8 Å². The number of fused-ring (bicyclic) bond motifs is 2. The van der Waals surface area contributed by atoms with E-state index in [-0.39, 0.29) is 16.6 Å². The minimum absolute atomic E-state index is 0.0405. The highest BCUT2D eigenvalue weighted by Gasteiger charge is 2.69. The summed E-state index contributed by atoms with van der Waals surface area (Å²) in [5.74, 6) is 0.0567. The molecule has 2 aliphatic carbocycles. The normalized spacial score (nSPS) is 50.2. The summed E-state index contributed by atoms with van der Waals surface area (Å²) in [7, 11) is 0. The van der Waals surface area contributed by atoms with Gasteiger partial charge in [-0.15, -0.1) is 0 Å². The van der Waals surface area contributed by atoms with Gasteiger partial charge in [-0.25, -0.2) is 0 Å². The fraction of sp³-hybridized carbons (Fsp3) is 0.900. The zero-order valence-corrected chi connectivity index (χ0v) is 7.98. The van der Waals surface area contributed by atoms with Crippen molar-refractivity contribution in [3.05, 3.63) is 0 Å². The Morgan fingerprint density at radius 1 is 1.25 bits per heavy atom. The monoisotopic (exact) mass is 168 g/mol. The Balaban J connectivity index is 2.56. The maximum absolute atomic E-state index is 11.5. The average Bonchev–Trinajstić information content (AvgIpc) is 2.18. The molecule has 68 valence electrons. The average molecular weight is 168 g/mol. The third kappa shape index (κ3) is 0.565. The first kappa shape index (κ1) is 8.24. The minimum atomic E-state index is -1.01. The second-order valence-electron chi connectivity index (χ2n) is 5.15. The van der Waals surface area contributed by atoms with Crippen LogP contribution in [-0.4, -0.2) is 16.5 Å². The highest BCUT2D eigenvalue weighted by Crippen LogP contribution is 2.65. The number of rotatable bonds is 0. The zero-order chi connectivity index (χ0) is 9.20. The topological polar surface area (TPSA) is 37.3 Å². The molecule has 2 saturated carbocycles. The van der Waals surface area contributed by atoms with Crippen LogP contribution >= 0.6 is 0 Å². The van der Waals surface area contributed by atoms with Crippen LogP contribution < -0.4 is 0 Å². The van der Waals surface area contributed by atoms with Crippen molar-refractivity contribution >= 4 is 5.78 Å². The smallest absolute Gasteiger partial charge is 0.165 e. The molecule has 2 unspecified atom stereocenters. The van der Waals surface area contributed by atoms with E-state index in [2.05, 4.69) is 6.92 Å². The van der Waals surface area contributed by atoms with E-state index in [0.29, 0.717) is 12.8 Å². The fourth-order valence-electron chi connectivity index (χ4n) is 2.88. The van der Waals surface area contributed by atoms with Gasteiger partial charge in [0, 0.05) is 11.8 Å². The Bertz CT molecular complexity index is 257. The Labute approximate surface area is 73.0 Å². The Morgan fingerprint density at radius 3 is 2.00 bits per heavy atom. The molecular formula is C10H16O2. The lowest BCUT2D eigenvalue weighted by Gasteiger charge is -2.36. The molecule has 2 atom stereocenters. The summed E-state index contributed by atoms with van der Waals surface area (Å²) < 4.78 is 0. The van der Waals surface area contributed by atoms with Gasteiger partial charge in [-0.1, -0.05) is 20.8 Å². The number of Topliss-reactive ketones (excluding diaryl/α,β-unsaturated/α-hetero) is 1. The first-order valence-corrected chi connectivity index (χ1v) is 4.59. The van der Waals surface area contributed by atoms with Crippen LogP contribution in [0.15, 0.2) is 0 Å². The summed E-state index contributed by atoms with van der Waals surface area (Å²) in [5.41, 5.74) is -1.20. The van der Waals surface area contributed by atoms with Crippen molar-refractivity contribution < 1.29 is 9.90 Å². The molecule has 2 nitrogen and oxygen atoms in total. The highest BCUT2D eigenvalue weighted by molar-refractivity contribution is 5.92. The first-order valence-electron chi connectivity index (χ1n) is 4.59. The Kier molecular flexibility index (Phi) is 1.21. The van der Waals surface area contributed by atoms with Crippen LogP contribution in [0, 0.1) is 10.8 Å². The van der Waals surface area contributed by atoms with E-state index in [9.17, 15) is 9.90 Å². The molecule has 1 N–H and O–H groups in total. The molecule has 0 spiro atoms. The third-order valence-corrected chi connectivity index (χ3v) is 4.59. The van der Waals surface area contributed by atoms with Gasteiger partial charge in [-0.2, -0.15) is 0 Å². The van der Waals surface area contributed by atoms with E-state index in [1.54, 1.807) is 0 Å². The molecule has 0 aromatic rings. The largest absolute Gasteiger partial charge is 0.381 e. The van der Waals surface area contributed by atoms with E-state index >= 15 is 0 Å². The lowest BCUT2D eigenvalue weighted by atomic mass is 9.70. The summed E-state index contributed by atoms with van der Waals surface area (Å²) in [6.07, 6.45) is 2.22. The molecule has 2 fully saturated rings. The molecule has 2 rings (SSSR count). The molecule has 0 heterocycles. The Morgan fingerprint density at radius 2 is 1.83 bits per heavy atom. The standard InChI is InChI=1S/C10H16O2/c1-8(2)9(3)4-5-10(8,12)7(11)6-9/h12H,4-6H2,1-3H3. The molecule has 2 bridgehead atoms. The van der Waals surface area contributed by atoms with Crippen LogP contribution in [0.1, 0.15) is 40.0 Å². The van der Waals surface area contributed by atoms with Gasteiger partial charge >= 0.3 is 0 Å². The number of aliphatic hydroxyl groups is 1. The summed E-state index contributed by atoms with van der Waals surface area (Å²) in [4.78, 5) is 11.5. The molecule has 0 amide bonds. The lowest BCUT2D eigenvalue weighted by Crippen LogP contribution is -2.43. The van der Waals surface area contributed by atoms with Crippen molar-refractivity contribution in [1.82, 2.24) is 0 Å². The van der Waals surface area contributed by atoms with Crippen molar-refractivity contribution in [3.8, 4) is 0 Å². The van der Waals surface area contributed by atoms with E-state index < -0.39 is 5.60 Å². The van der Waals surface area contributed by atoms with Crippen LogP contribution in [0.4, 0.5) is 0 Å². The minimum Gasteiger partial charge on any atom is -0.381 e. The predicted molar refractivity (Wildman–Crippen MR) is 45.7 cm³/mol. The summed E-state index contributed by atoms with van der Waals surface area (Å²) in [6, 6.07) is 0. The van der Waals surface area contributed by atoms with Gasteiger partial charge in [0.05, 0.1) is 0 Å². The van der Waals surface area contributed by atoms with Gasteiger partial charge in [-0.3, -0.25) is 4.79 Å². The fourth-order valence-corrected chi connectivity index (χ4v) is 2.88. The SMILES string of the molecule is CC12CCC(O)(C(=O)C1)C2(C)C. The zero-order valence-electron chi connectivity index (χ0n) is 7.98. The van der Waals surface area contributed by atoms with Crippen molar-refractivity contribution in [2.45, 2.75) is 45.6 Å². The van der Waals surface area contributed by atoms with Gasteiger partial charge in [0.1, 0.15) is 5.60 Å². The molecular weight excluding hydrogens is 152 g/mol. The Hall–Kier alpha value is -0.370. The van der Waals surface area contributed by atoms with Gasteiger partial charge in [-0.05, 0) is 18.3 Å². The van der Waals surface area contributed by atoms with E-state index in [1.165, 1.54) is 0 Å². The number of ketones is 1. The summed E-state index contributed by atoms with van der Waals surface area (Å²) in [6.45, 7) is 6.16. The molecule has 0 saturated heterocycles. The van der Waals surface area contributed by atoms with E-state index in [1.807, 2.05) is 13.8 Å². The van der Waals surface area contributed by atoms with Crippen LogP contribution in [0.25, 0.3) is 0 Å². The number of carbonyl (C=O) groups is 1. The van der Waals surface area contributed by atoms with E-state index in [0.717, 1.165) is 6.42 Å². The molecule has 2 heteroatoms. The second kappa shape index (κ2) is 1.77. The van der Waals surface area contributed by atoms with Crippen LogP contribution in [0.3, 0.4) is 0 Å². The van der Waals surface area contributed by atoms with Crippen molar-refractivity contribution in [1.29, 1.82) is 0 Å². The molecule has 0 radical (unpaired) electrons. The van der Waals surface area contributed by atoms with Gasteiger partial charge in [0.15, 0.2) is 5.78 Å². The molecule has 2 aliphatic rings. The second-order valence-corrected chi connectivity index (χ2v) is 5.15. The third-order valence-electron chi connectivity index (χ3n) is 4.59. The quantitative estimate of drug-likeness (QED) is 0.595. The van der Waals surface area contributed by atoms with Gasteiger partial charge < -0.3 is 5.11 Å². The van der Waals surface area contributed by atoms with Gasteiger partial charge in [0.2, 0.25) is 0 Å². The number of hydrogen-bond donors (Lipinski definition) is 1. The maximum Gasteiger partial charge on any atom is 0.165 e. The summed E-state index contributed by atoms with van der Waals surface area (Å²) in [5, 5.41) is 10.2.